The van der Waals surface area contributed by atoms with Crippen molar-refractivity contribution in [2.45, 2.75) is 30.9 Å². The molecular weight excluding hydrogens is 292 g/mol. The van der Waals surface area contributed by atoms with Gasteiger partial charge in [-0.05, 0) is 25.5 Å². The molecule has 0 spiro atoms. The number of aromatic nitrogens is 1. The molecule has 112 valence electrons. The van der Waals surface area contributed by atoms with Gasteiger partial charge in [0.25, 0.3) is 5.91 Å². The highest BCUT2D eigenvalue weighted by Gasteiger charge is 2.42. The first-order chi connectivity index (χ1) is 9.51. The van der Waals surface area contributed by atoms with Crippen LogP contribution in [0.3, 0.4) is 0 Å². The number of carbonyl (C=O) groups is 1. The Morgan fingerprint density at radius 3 is 2.85 bits per heavy atom. The Morgan fingerprint density at radius 2 is 2.30 bits per heavy atom. The quantitative estimate of drug-likeness (QED) is 0.807. The molecule has 1 heterocycles. The Balaban J connectivity index is 1.99. The van der Waals surface area contributed by atoms with Gasteiger partial charge < -0.3 is 16.0 Å². The lowest BCUT2D eigenvalue weighted by Gasteiger charge is -2.13. The van der Waals surface area contributed by atoms with Gasteiger partial charge in [0.05, 0.1) is 0 Å². The first-order valence-electron chi connectivity index (χ1n) is 6.82. The first kappa shape index (κ1) is 15.4. The number of hydrogen-bond acceptors (Lipinski definition) is 6. The van der Waals surface area contributed by atoms with E-state index >= 15 is 0 Å². The van der Waals surface area contributed by atoms with Crippen molar-refractivity contribution in [3.8, 4) is 0 Å². The summed E-state index contributed by atoms with van der Waals surface area (Å²) in [6.07, 6.45) is 5.49. The van der Waals surface area contributed by atoms with Gasteiger partial charge in [-0.25, -0.2) is 4.98 Å². The van der Waals surface area contributed by atoms with Crippen molar-refractivity contribution in [2.24, 2.45) is 0 Å². The van der Waals surface area contributed by atoms with Crippen LogP contribution in [-0.4, -0.2) is 42.0 Å². The van der Waals surface area contributed by atoms with Crippen LogP contribution < -0.4 is 16.0 Å². The van der Waals surface area contributed by atoms with Crippen molar-refractivity contribution in [1.82, 2.24) is 10.3 Å². The number of anilines is 2. The largest absolute Gasteiger partial charge is 0.382 e. The molecule has 1 aromatic heterocycles. The third-order valence-corrected chi connectivity index (χ3v) is 6.15. The predicted molar refractivity (Wildman–Crippen MR) is 87.9 cm³/mol. The SMILES string of the molecule is CCCN(C)c1nc(N)c(C(=O)NCC2(SC)CC2)s1. The molecule has 5 nitrogen and oxygen atoms in total. The van der Waals surface area contributed by atoms with Crippen molar-refractivity contribution in [2.75, 3.05) is 37.0 Å². The molecule has 2 rings (SSSR count). The van der Waals surface area contributed by atoms with E-state index in [0.717, 1.165) is 18.1 Å². The van der Waals surface area contributed by atoms with Crippen LogP contribution in [0.4, 0.5) is 10.9 Å². The summed E-state index contributed by atoms with van der Waals surface area (Å²) in [5, 5.41) is 3.80. The second-order valence-corrected chi connectivity index (χ2v) is 7.45. The summed E-state index contributed by atoms with van der Waals surface area (Å²) in [6, 6.07) is 0. The Kier molecular flexibility index (Phi) is 4.80. The van der Waals surface area contributed by atoms with Crippen LogP contribution in [0.15, 0.2) is 0 Å². The van der Waals surface area contributed by atoms with Gasteiger partial charge in [-0.1, -0.05) is 18.3 Å². The van der Waals surface area contributed by atoms with Gasteiger partial charge in [-0.3, -0.25) is 4.79 Å². The van der Waals surface area contributed by atoms with Crippen LogP contribution in [0, 0.1) is 0 Å². The molecule has 3 N–H and O–H groups in total. The van der Waals surface area contributed by atoms with Crippen molar-refractivity contribution in [3.05, 3.63) is 4.88 Å². The van der Waals surface area contributed by atoms with E-state index in [1.54, 1.807) is 0 Å². The molecule has 0 radical (unpaired) electrons. The smallest absolute Gasteiger partial charge is 0.265 e. The summed E-state index contributed by atoms with van der Waals surface area (Å²) < 4.78 is 0.261. The van der Waals surface area contributed by atoms with Gasteiger partial charge in [0, 0.05) is 24.9 Å². The van der Waals surface area contributed by atoms with E-state index in [-0.39, 0.29) is 10.7 Å². The number of thioether (sulfide) groups is 1. The lowest BCUT2D eigenvalue weighted by Crippen LogP contribution is -2.31. The van der Waals surface area contributed by atoms with Crippen LogP contribution in [0.5, 0.6) is 0 Å². The average Bonchev–Trinajstić information content (AvgIpc) is 3.11. The zero-order chi connectivity index (χ0) is 14.8. The minimum Gasteiger partial charge on any atom is -0.382 e. The zero-order valence-corrected chi connectivity index (χ0v) is 13.9. The van der Waals surface area contributed by atoms with Crippen LogP contribution in [-0.2, 0) is 0 Å². The molecule has 1 aliphatic rings. The van der Waals surface area contributed by atoms with Gasteiger partial charge >= 0.3 is 0 Å². The first-order valence-corrected chi connectivity index (χ1v) is 8.86. The van der Waals surface area contributed by atoms with E-state index in [9.17, 15) is 4.79 Å². The molecule has 20 heavy (non-hydrogen) atoms. The van der Waals surface area contributed by atoms with Gasteiger partial charge in [0.15, 0.2) is 5.13 Å². The number of nitrogens with two attached hydrogens (primary N) is 1. The Morgan fingerprint density at radius 1 is 1.60 bits per heavy atom. The number of rotatable bonds is 7. The molecule has 0 unspecified atom stereocenters. The highest BCUT2D eigenvalue weighted by atomic mass is 32.2. The predicted octanol–water partition coefficient (Wildman–Crippen LogP) is 2.20. The van der Waals surface area contributed by atoms with Gasteiger partial charge in [-0.15, -0.1) is 0 Å². The molecule has 1 aromatic rings. The van der Waals surface area contributed by atoms with E-state index in [2.05, 4.69) is 23.5 Å². The number of nitrogen functional groups attached to an aromatic ring is 1. The maximum atomic E-state index is 12.2. The average molecular weight is 314 g/mol. The number of nitrogens with zero attached hydrogens (tertiary/aromatic N) is 2. The molecular formula is C13H22N4OS2. The van der Waals surface area contributed by atoms with Gasteiger partial charge in [-0.2, -0.15) is 11.8 Å². The fourth-order valence-corrected chi connectivity index (χ4v) is 3.61. The minimum atomic E-state index is -0.100. The van der Waals surface area contributed by atoms with E-state index in [1.165, 1.54) is 24.2 Å². The van der Waals surface area contributed by atoms with Crippen molar-refractivity contribution in [3.63, 3.8) is 0 Å². The van der Waals surface area contributed by atoms with E-state index < -0.39 is 0 Å². The number of nitrogens with one attached hydrogen (secondary N) is 1. The standard InChI is InChI=1S/C13H22N4OS2/c1-4-7-17(2)12-16-10(14)9(20-12)11(18)15-8-13(19-3)5-6-13/h4-8,14H2,1-3H3,(H,15,18). The fraction of sp³-hybridized carbons (Fsp3) is 0.692. The van der Waals surface area contributed by atoms with E-state index in [0.29, 0.717) is 17.2 Å². The molecule has 7 heteroatoms. The van der Waals surface area contributed by atoms with Crippen LogP contribution >= 0.6 is 23.1 Å². The molecule has 0 atom stereocenters. The van der Waals surface area contributed by atoms with Crippen LogP contribution in [0.1, 0.15) is 35.9 Å². The summed E-state index contributed by atoms with van der Waals surface area (Å²) in [5.41, 5.74) is 5.87. The highest BCUT2D eigenvalue weighted by Crippen LogP contribution is 2.46. The van der Waals surface area contributed by atoms with E-state index in [1.807, 2.05) is 23.7 Å². The Bertz CT molecular complexity index is 485. The zero-order valence-electron chi connectivity index (χ0n) is 12.2. The lowest BCUT2D eigenvalue weighted by molar-refractivity contribution is 0.0957. The molecule has 1 amide bonds. The number of amides is 1. The van der Waals surface area contributed by atoms with Crippen LogP contribution in [0.25, 0.3) is 0 Å². The monoisotopic (exact) mass is 314 g/mol. The lowest BCUT2D eigenvalue weighted by atomic mass is 10.4. The Labute approximate surface area is 128 Å². The number of thiazole rings is 1. The van der Waals surface area contributed by atoms with Crippen molar-refractivity contribution in [1.29, 1.82) is 0 Å². The molecule has 0 bridgehead atoms. The molecule has 0 saturated heterocycles. The summed E-state index contributed by atoms with van der Waals surface area (Å²) in [5.74, 6) is 0.232. The number of carbonyl (C=O) groups excluding carboxylic acids is 1. The summed E-state index contributed by atoms with van der Waals surface area (Å²) in [6.45, 7) is 3.73. The minimum absolute atomic E-state index is 0.100. The third-order valence-electron chi connectivity index (χ3n) is 3.55. The molecule has 0 aromatic carbocycles. The van der Waals surface area contributed by atoms with Gasteiger partial charge in [0.1, 0.15) is 10.7 Å². The van der Waals surface area contributed by atoms with Crippen molar-refractivity contribution < 1.29 is 4.79 Å². The fourth-order valence-electron chi connectivity index (χ4n) is 1.99. The molecule has 1 saturated carbocycles. The molecule has 1 fully saturated rings. The van der Waals surface area contributed by atoms with E-state index in [4.69, 9.17) is 5.73 Å². The summed E-state index contributed by atoms with van der Waals surface area (Å²) in [7, 11) is 1.97. The maximum Gasteiger partial charge on any atom is 0.265 e. The number of hydrogen-bond donors (Lipinski definition) is 2. The molecule has 0 aliphatic heterocycles. The van der Waals surface area contributed by atoms with Gasteiger partial charge in [0.2, 0.25) is 0 Å². The van der Waals surface area contributed by atoms with Crippen molar-refractivity contribution >= 4 is 40.0 Å². The molecule has 1 aliphatic carbocycles. The maximum absolute atomic E-state index is 12.2. The summed E-state index contributed by atoms with van der Waals surface area (Å²) >= 11 is 3.20. The highest BCUT2D eigenvalue weighted by molar-refractivity contribution is 8.00. The second kappa shape index (κ2) is 6.22. The second-order valence-electron chi connectivity index (χ2n) is 5.20. The summed E-state index contributed by atoms with van der Waals surface area (Å²) in [4.78, 5) is 19.0. The normalized spacial score (nSPS) is 15.9. The third kappa shape index (κ3) is 3.38. The van der Waals surface area contributed by atoms with Crippen LogP contribution in [0.2, 0.25) is 0 Å². The Hall–Kier alpha value is -0.950. The topological polar surface area (TPSA) is 71.2 Å².